The second-order valence-electron chi connectivity index (χ2n) is 5.46. The summed E-state index contributed by atoms with van der Waals surface area (Å²) in [5.41, 5.74) is 7.03. The van der Waals surface area contributed by atoms with E-state index in [0.29, 0.717) is 12.0 Å². The minimum atomic E-state index is 0.345. The Morgan fingerprint density at radius 1 is 1.44 bits per heavy atom. The van der Waals surface area contributed by atoms with Crippen molar-refractivity contribution in [3.05, 3.63) is 34.9 Å². The summed E-state index contributed by atoms with van der Waals surface area (Å²) in [5.74, 6) is 6.36. The van der Waals surface area contributed by atoms with E-state index < -0.39 is 0 Å². The second-order valence-corrected chi connectivity index (χ2v) is 5.46. The first-order valence-corrected chi connectivity index (χ1v) is 6.79. The SMILES string of the molecule is Cc1ccc(C)c(CC(CC2CCOC2)NN)c1. The van der Waals surface area contributed by atoms with E-state index in [-0.39, 0.29) is 0 Å². The monoisotopic (exact) mass is 248 g/mol. The van der Waals surface area contributed by atoms with E-state index in [1.54, 1.807) is 0 Å². The van der Waals surface area contributed by atoms with Crippen molar-refractivity contribution in [3.63, 3.8) is 0 Å². The Morgan fingerprint density at radius 3 is 2.94 bits per heavy atom. The van der Waals surface area contributed by atoms with Crippen LogP contribution >= 0.6 is 0 Å². The van der Waals surface area contributed by atoms with Gasteiger partial charge in [-0.05, 0) is 50.2 Å². The van der Waals surface area contributed by atoms with Crippen molar-refractivity contribution in [2.45, 2.75) is 39.2 Å². The number of benzene rings is 1. The molecule has 0 spiro atoms. The fourth-order valence-electron chi connectivity index (χ4n) is 2.67. The number of hydrogen-bond donors (Lipinski definition) is 2. The third-order valence-corrected chi connectivity index (χ3v) is 3.85. The first kappa shape index (κ1) is 13.5. The van der Waals surface area contributed by atoms with E-state index in [9.17, 15) is 0 Å². The Kier molecular flexibility index (Phi) is 4.75. The van der Waals surface area contributed by atoms with E-state index in [1.165, 1.54) is 23.1 Å². The van der Waals surface area contributed by atoms with Gasteiger partial charge in [-0.1, -0.05) is 23.8 Å². The summed E-state index contributed by atoms with van der Waals surface area (Å²) in [7, 11) is 0. The molecule has 3 heteroatoms. The van der Waals surface area contributed by atoms with Crippen molar-refractivity contribution in [2.75, 3.05) is 13.2 Å². The van der Waals surface area contributed by atoms with Gasteiger partial charge in [0.05, 0.1) is 0 Å². The van der Waals surface area contributed by atoms with E-state index in [1.807, 2.05) is 0 Å². The maximum atomic E-state index is 5.70. The van der Waals surface area contributed by atoms with Gasteiger partial charge in [-0.3, -0.25) is 11.3 Å². The van der Waals surface area contributed by atoms with Crippen LogP contribution in [0.15, 0.2) is 18.2 Å². The average Bonchev–Trinajstić information content (AvgIpc) is 2.85. The minimum absolute atomic E-state index is 0.345. The molecule has 1 saturated heterocycles. The van der Waals surface area contributed by atoms with Crippen LogP contribution in [0.3, 0.4) is 0 Å². The molecule has 1 aliphatic heterocycles. The summed E-state index contributed by atoms with van der Waals surface area (Å²) in [6.45, 7) is 6.11. The number of hydrazine groups is 1. The normalized spacial score (nSPS) is 21.2. The van der Waals surface area contributed by atoms with Crippen LogP contribution in [0.4, 0.5) is 0 Å². The van der Waals surface area contributed by atoms with Crippen molar-refractivity contribution in [1.82, 2.24) is 5.43 Å². The van der Waals surface area contributed by atoms with E-state index >= 15 is 0 Å². The highest BCUT2D eigenvalue weighted by Gasteiger charge is 2.20. The number of ether oxygens (including phenoxy) is 1. The summed E-state index contributed by atoms with van der Waals surface area (Å²) >= 11 is 0. The number of nitrogens with one attached hydrogen (secondary N) is 1. The van der Waals surface area contributed by atoms with Crippen LogP contribution in [0.5, 0.6) is 0 Å². The van der Waals surface area contributed by atoms with Gasteiger partial charge < -0.3 is 4.74 Å². The van der Waals surface area contributed by atoms with Crippen molar-refractivity contribution < 1.29 is 4.74 Å². The maximum absolute atomic E-state index is 5.70. The Bertz CT molecular complexity index is 386. The molecular formula is C15H24N2O. The van der Waals surface area contributed by atoms with Crippen molar-refractivity contribution in [2.24, 2.45) is 11.8 Å². The summed E-state index contributed by atoms with van der Waals surface area (Å²) < 4.78 is 5.43. The summed E-state index contributed by atoms with van der Waals surface area (Å²) in [6.07, 6.45) is 3.27. The summed E-state index contributed by atoms with van der Waals surface area (Å²) in [4.78, 5) is 0. The van der Waals surface area contributed by atoms with Gasteiger partial charge in [0, 0.05) is 19.3 Å². The molecular weight excluding hydrogens is 224 g/mol. The molecule has 1 aliphatic rings. The molecule has 0 amide bonds. The second kappa shape index (κ2) is 6.32. The summed E-state index contributed by atoms with van der Waals surface area (Å²) in [5, 5.41) is 0. The Labute approximate surface area is 110 Å². The van der Waals surface area contributed by atoms with Gasteiger partial charge in [-0.2, -0.15) is 0 Å². The zero-order valence-corrected chi connectivity index (χ0v) is 11.4. The Balaban J connectivity index is 1.98. The molecule has 100 valence electrons. The molecule has 2 unspecified atom stereocenters. The van der Waals surface area contributed by atoms with Gasteiger partial charge in [0.2, 0.25) is 0 Å². The molecule has 3 N–H and O–H groups in total. The van der Waals surface area contributed by atoms with Crippen LogP contribution in [0.2, 0.25) is 0 Å². The Hall–Kier alpha value is -0.900. The van der Waals surface area contributed by atoms with Gasteiger partial charge in [0.25, 0.3) is 0 Å². The third-order valence-electron chi connectivity index (χ3n) is 3.85. The smallest absolute Gasteiger partial charge is 0.0495 e. The van der Waals surface area contributed by atoms with Crippen molar-refractivity contribution in [1.29, 1.82) is 0 Å². The molecule has 0 aromatic heterocycles. The minimum Gasteiger partial charge on any atom is -0.381 e. The molecule has 1 aromatic rings. The molecule has 0 radical (unpaired) electrons. The topological polar surface area (TPSA) is 47.3 Å². The fraction of sp³-hybridized carbons (Fsp3) is 0.600. The van der Waals surface area contributed by atoms with Crippen LogP contribution in [0.25, 0.3) is 0 Å². The predicted molar refractivity (Wildman–Crippen MR) is 74.3 cm³/mol. The highest BCUT2D eigenvalue weighted by atomic mass is 16.5. The van der Waals surface area contributed by atoms with Crippen LogP contribution in [-0.4, -0.2) is 19.3 Å². The first-order valence-electron chi connectivity index (χ1n) is 6.79. The lowest BCUT2D eigenvalue weighted by Gasteiger charge is -2.20. The number of aryl methyl sites for hydroxylation is 2. The number of rotatable bonds is 5. The van der Waals surface area contributed by atoms with Crippen molar-refractivity contribution in [3.8, 4) is 0 Å². The standard InChI is InChI=1S/C15H24N2O/c1-11-3-4-12(2)14(7-11)9-15(17-16)8-13-5-6-18-10-13/h3-4,7,13,15,17H,5-6,8-10,16H2,1-2H3. The van der Waals surface area contributed by atoms with Crippen molar-refractivity contribution >= 4 is 0 Å². The van der Waals surface area contributed by atoms with E-state index in [2.05, 4.69) is 37.5 Å². The van der Waals surface area contributed by atoms with Crippen LogP contribution < -0.4 is 11.3 Å². The Morgan fingerprint density at radius 2 is 2.28 bits per heavy atom. The molecule has 0 saturated carbocycles. The molecule has 2 atom stereocenters. The quantitative estimate of drug-likeness (QED) is 0.620. The summed E-state index contributed by atoms with van der Waals surface area (Å²) in [6, 6.07) is 6.97. The molecule has 18 heavy (non-hydrogen) atoms. The lowest BCUT2D eigenvalue weighted by molar-refractivity contribution is 0.181. The van der Waals surface area contributed by atoms with Crippen LogP contribution in [0.1, 0.15) is 29.5 Å². The molecule has 0 bridgehead atoms. The fourth-order valence-corrected chi connectivity index (χ4v) is 2.67. The maximum Gasteiger partial charge on any atom is 0.0495 e. The molecule has 1 heterocycles. The average molecular weight is 248 g/mol. The lowest BCUT2D eigenvalue weighted by Crippen LogP contribution is -2.38. The molecule has 3 nitrogen and oxygen atoms in total. The van der Waals surface area contributed by atoms with Crippen LogP contribution in [-0.2, 0) is 11.2 Å². The van der Waals surface area contributed by atoms with Gasteiger partial charge in [-0.25, -0.2) is 0 Å². The van der Waals surface area contributed by atoms with Gasteiger partial charge in [0.15, 0.2) is 0 Å². The highest BCUT2D eigenvalue weighted by molar-refractivity contribution is 5.31. The van der Waals surface area contributed by atoms with E-state index in [4.69, 9.17) is 10.6 Å². The van der Waals surface area contributed by atoms with E-state index in [0.717, 1.165) is 26.1 Å². The predicted octanol–water partition coefficient (Wildman–Crippen LogP) is 2.10. The van der Waals surface area contributed by atoms with Gasteiger partial charge >= 0.3 is 0 Å². The zero-order chi connectivity index (χ0) is 13.0. The molecule has 1 fully saturated rings. The highest BCUT2D eigenvalue weighted by Crippen LogP contribution is 2.21. The number of nitrogens with two attached hydrogens (primary N) is 1. The zero-order valence-electron chi connectivity index (χ0n) is 11.4. The van der Waals surface area contributed by atoms with Gasteiger partial charge in [-0.15, -0.1) is 0 Å². The number of hydrogen-bond acceptors (Lipinski definition) is 3. The third kappa shape index (κ3) is 3.55. The van der Waals surface area contributed by atoms with Crippen LogP contribution in [0, 0.1) is 19.8 Å². The molecule has 2 rings (SSSR count). The first-order chi connectivity index (χ1) is 8.69. The molecule has 0 aliphatic carbocycles. The largest absolute Gasteiger partial charge is 0.381 e. The molecule has 1 aromatic carbocycles. The van der Waals surface area contributed by atoms with Gasteiger partial charge in [0.1, 0.15) is 0 Å². The lowest BCUT2D eigenvalue weighted by atomic mass is 9.92.